The molecule has 0 bridgehead atoms. The molecule has 0 atom stereocenters. The van der Waals surface area contributed by atoms with Crippen molar-refractivity contribution in [1.29, 1.82) is 0 Å². The van der Waals surface area contributed by atoms with Gasteiger partial charge in [0.15, 0.2) is 4.77 Å². The van der Waals surface area contributed by atoms with Crippen molar-refractivity contribution in [2.24, 2.45) is 0 Å². The minimum atomic E-state index is -0.308. The Morgan fingerprint density at radius 2 is 1.91 bits per heavy atom. The molecular formula is C16H24N2O3S. The number of unbranched alkanes of at least 4 members (excludes halogenated alkanes) is 5. The summed E-state index contributed by atoms with van der Waals surface area (Å²) < 4.78 is 7.39. The van der Waals surface area contributed by atoms with Crippen molar-refractivity contribution in [3.63, 3.8) is 0 Å². The third-order valence-electron chi connectivity index (χ3n) is 3.27. The Hall–Kier alpha value is -1.69. The molecule has 0 aliphatic carbocycles. The molecule has 5 nitrogen and oxygen atoms in total. The van der Waals surface area contributed by atoms with Gasteiger partial charge in [-0.15, -0.1) is 0 Å². The van der Waals surface area contributed by atoms with Crippen LogP contribution >= 0.6 is 12.2 Å². The summed E-state index contributed by atoms with van der Waals surface area (Å²) in [5, 5.41) is 0. The van der Waals surface area contributed by atoms with E-state index in [1.165, 1.54) is 6.07 Å². The van der Waals surface area contributed by atoms with Gasteiger partial charge in [0.05, 0.1) is 6.61 Å². The molecule has 0 aliphatic rings. The molecule has 0 amide bonds. The van der Waals surface area contributed by atoms with Crippen molar-refractivity contribution in [1.82, 2.24) is 9.55 Å². The molecule has 0 saturated carbocycles. The lowest BCUT2D eigenvalue weighted by Gasteiger charge is -2.06. The number of hydrogen-bond donors (Lipinski definition) is 1. The van der Waals surface area contributed by atoms with Crippen LogP contribution < -0.4 is 5.56 Å². The van der Waals surface area contributed by atoms with Crippen LogP contribution in [0.15, 0.2) is 29.2 Å². The molecule has 0 saturated heterocycles. The maximum atomic E-state index is 11.1. The van der Waals surface area contributed by atoms with Crippen molar-refractivity contribution in [3.8, 4) is 0 Å². The summed E-state index contributed by atoms with van der Waals surface area (Å²) >= 11 is 5.09. The van der Waals surface area contributed by atoms with Gasteiger partial charge in [0.1, 0.15) is 0 Å². The Morgan fingerprint density at radius 3 is 2.55 bits per heavy atom. The number of aryl methyl sites for hydroxylation is 1. The molecule has 0 spiro atoms. The first-order chi connectivity index (χ1) is 10.5. The smallest absolute Gasteiger partial charge is 0.333 e. The summed E-state index contributed by atoms with van der Waals surface area (Å²) in [6.45, 7) is 6.48. The van der Waals surface area contributed by atoms with Crippen molar-refractivity contribution in [2.45, 2.75) is 52.0 Å². The fourth-order valence-electron chi connectivity index (χ4n) is 2.00. The summed E-state index contributed by atoms with van der Waals surface area (Å²) in [6, 6.07) is 1.49. The van der Waals surface area contributed by atoms with Crippen molar-refractivity contribution >= 4 is 18.2 Å². The van der Waals surface area contributed by atoms with Gasteiger partial charge in [-0.1, -0.05) is 32.3 Å². The number of esters is 1. The minimum Gasteiger partial charge on any atom is -0.462 e. The Kier molecular flexibility index (Phi) is 8.43. The zero-order valence-electron chi connectivity index (χ0n) is 13.1. The molecule has 1 heterocycles. The second-order valence-corrected chi connectivity index (χ2v) is 5.73. The Labute approximate surface area is 136 Å². The van der Waals surface area contributed by atoms with E-state index in [-0.39, 0.29) is 11.5 Å². The molecule has 0 unspecified atom stereocenters. The molecule has 1 N–H and O–H groups in total. The molecule has 0 aliphatic heterocycles. The number of ether oxygens (including phenoxy) is 1. The summed E-state index contributed by atoms with van der Waals surface area (Å²) in [5.74, 6) is -0.308. The van der Waals surface area contributed by atoms with Crippen LogP contribution in [0.3, 0.4) is 0 Å². The van der Waals surface area contributed by atoms with Gasteiger partial charge < -0.3 is 9.30 Å². The Bertz CT molecular complexity index is 604. The van der Waals surface area contributed by atoms with Crippen LogP contribution in [0.25, 0.3) is 0 Å². The highest BCUT2D eigenvalue weighted by Gasteiger charge is 2.01. The van der Waals surface area contributed by atoms with Gasteiger partial charge in [0.2, 0.25) is 0 Å². The highest BCUT2D eigenvalue weighted by Crippen LogP contribution is 2.07. The Morgan fingerprint density at radius 1 is 1.27 bits per heavy atom. The first-order valence-electron chi connectivity index (χ1n) is 7.63. The monoisotopic (exact) mass is 324 g/mol. The molecule has 0 aromatic carbocycles. The third-order valence-corrected chi connectivity index (χ3v) is 3.61. The van der Waals surface area contributed by atoms with E-state index in [9.17, 15) is 9.59 Å². The number of H-pyrrole nitrogens is 1. The van der Waals surface area contributed by atoms with E-state index in [0.29, 0.717) is 17.0 Å². The topological polar surface area (TPSA) is 64.1 Å². The summed E-state index contributed by atoms with van der Waals surface area (Å²) in [6.07, 6.45) is 8.10. The molecule has 0 fully saturated rings. The zero-order chi connectivity index (χ0) is 16.4. The van der Waals surface area contributed by atoms with Gasteiger partial charge >= 0.3 is 5.97 Å². The van der Waals surface area contributed by atoms with Gasteiger partial charge in [-0.3, -0.25) is 9.78 Å². The van der Waals surface area contributed by atoms with Crippen LogP contribution in [0.1, 0.15) is 45.4 Å². The van der Waals surface area contributed by atoms with E-state index in [4.69, 9.17) is 17.0 Å². The minimum absolute atomic E-state index is 0.159. The third kappa shape index (κ3) is 7.36. The van der Waals surface area contributed by atoms with Gasteiger partial charge in [0.25, 0.3) is 5.56 Å². The lowest BCUT2D eigenvalue weighted by molar-refractivity contribution is -0.139. The zero-order valence-corrected chi connectivity index (χ0v) is 13.9. The lowest BCUT2D eigenvalue weighted by atomic mass is 10.1. The molecule has 1 rings (SSSR count). The van der Waals surface area contributed by atoms with Gasteiger partial charge in [-0.25, -0.2) is 4.79 Å². The fourth-order valence-corrected chi connectivity index (χ4v) is 2.25. The Balaban J connectivity index is 2.02. The van der Waals surface area contributed by atoms with Crippen LogP contribution in [0.5, 0.6) is 0 Å². The lowest BCUT2D eigenvalue weighted by Crippen LogP contribution is -2.11. The number of rotatable bonds is 10. The SMILES string of the molecule is C=C(C)C(=O)OCCCCCCCCn1ccc(=O)[nH]c1=S. The summed E-state index contributed by atoms with van der Waals surface area (Å²) in [5.41, 5.74) is 0.287. The van der Waals surface area contributed by atoms with Crippen molar-refractivity contribution < 1.29 is 9.53 Å². The first-order valence-corrected chi connectivity index (χ1v) is 8.04. The maximum absolute atomic E-state index is 11.1. The second-order valence-electron chi connectivity index (χ2n) is 5.34. The number of aromatic nitrogens is 2. The van der Waals surface area contributed by atoms with Gasteiger partial charge in [-0.2, -0.15) is 0 Å². The number of nitrogens with one attached hydrogen (secondary N) is 1. The molecule has 122 valence electrons. The number of aromatic amines is 1. The molecule has 6 heteroatoms. The number of nitrogens with zero attached hydrogens (tertiary/aromatic N) is 1. The van der Waals surface area contributed by atoms with E-state index >= 15 is 0 Å². The predicted molar refractivity (Wildman–Crippen MR) is 89.4 cm³/mol. The van der Waals surface area contributed by atoms with Gasteiger partial charge in [0, 0.05) is 24.4 Å². The molecule has 22 heavy (non-hydrogen) atoms. The summed E-state index contributed by atoms with van der Waals surface area (Å²) in [4.78, 5) is 24.8. The summed E-state index contributed by atoms with van der Waals surface area (Å²) in [7, 11) is 0. The molecular weight excluding hydrogens is 300 g/mol. The van der Waals surface area contributed by atoms with E-state index in [1.807, 2.05) is 4.57 Å². The van der Waals surface area contributed by atoms with Crippen molar-refractivity contribution in [3.05, 3.63) is 39.5 Å². The quantitative estimate of drug-likeness (QED) is 0.310. The van der Waals surface area contributed by atoms with E-state index in [2.05, 4.69) is 11.6 Å². The average molecular weight is 324 g/mol. The standard InChI is InChI=1S/C16H24N2O3S/c1-13(2)15(20)21-12-8-6-4-3-5-7-10-18-11-9-14(19)17-16(18)22/h9,11H,1,3-8,10,12H2,2H3,(H,17,19,22). The van der Waals surface area contributed by atoms with Gasteiger partial charge in [-0.05, 0) is 32.0 Å². The normalized spacial score (nSPS) is 10.4. The van der Waals surface area contributed by atoms with Crippen LogP contribution in [0.4, 0.5) is 0 Å². The van der Waals surface area contributed by atoms with Crippen LogP contribution in [0, 0.1) is 4.77 Å². The molecule has 1 aromatic rings. The largest absolute Gasteiger partial charge is 0.462 e. The van der Waals surface area contributed by atoms with Crippen LogP contribution in [-0.4, -0.2) is 22.1 Å². The highest BCUT2D eigenvalue weighted by atomic mass is 32.1. The number of hydrogen-bond acceptors (Lipinski definition) is 4. The molecule has 0 radical (unpaired) electrons. The fraction of sp³-hybridized carbons (Fsp3) is 0.562. The van der Waals surface area contributed by atoms with E-state index in [1.54, 1.807) is 13.1 Å². The van der Waals surface area contributed by atoms with Crippen LogP contribution in [0.2, 0.25) is 0 Å². The van der Waals surface area contributed by atoms with E-state index in [0.717, 1.165) is 45.1 Å². The number of carbonyl (C=O) groups excluding carboxylic acids is 1. The van der Waals surface area contributed by atoms with Crippen molar-refractivity contribution in [2.75, 3.05) is 6.61 Å². The highest BCUT2D eigenvalue weighted by molar-refractivity contribution is 7.71. The maximum Gasteiger partial charge on any atom is 0.333 e. The molecule has 1 aromatic heterocycles. The average Bonchev–Trinajstić information content (AvgIpc) is 2.47. The van der Waals surface area contributed by atoms with Crippen LogP contribution in [-0.2, 0) is 16.1 Å². The van der Waals surface area contributed by atoms with E-state index < -0.39 is 0 Å². The predicted octanol–water partition coefficient (Wildman–Crippen LogP) is 3.37. The first kappa shape index (κ1) is 18.4. The number of carbonyl (C=O) groups is 1. The second kappa shape index (κ2) is 10.1.